The van der Waals surface area contributed by atoms with Gasteiger partial charge in [0.15, 0.2) is 0 Å². The molecular weight excluding hydrogens is 445 g/mol. The molecule has 3 rings (SSSR count). The van der Waals surface area contributed by atoms with E-state index in [0.717, 1.165) is 38.1 Å². The number of benzene rings is 1. The third kappa shape index (κ3) is 8.49. The molecule has 1 aromatic carbocycles. The van der Waals surface area contributed by atoms with Gasteiger partial charge in [-0.3, -0.25) is 9.69 Å². The summed E-state index contributed by atoms with van der Waals surface area (Å²) >= 11 is 0. The number of carboxylic acids is 1. The molecule has 33 heavy (non-hydrogen) atoms. The van der Waals surface area contributed by atoms with Gasteiger partial charge < -0.3 is 24.2 Å². The summed E-state index contributed by atoms with van der Waals surface area (Å²) in [6.07, 6.45) is -1.53. The predicted octanol–water partition coefficient (Wildman–Crippen LogP) is 2.56. The van der Waals surface area contributed by atoms with E-state index >= 15 is 0 Å². The molecule has 2 saturated heterocycles. The molecule has 0 saturated carbocycles. The Morgan fingerprint density at radius 1 is 1.18 bits per heavy atom. The van der Waals surface area contributed by atoms with Gasteiger partial charge in [-0.05, 0) is 37.0 Å². The monoisotopic (exact) mass is 476 g/mol. The lowest BCUT2D eigenvalue weighted by Crippen LogP contribution is -2.43. The van der Waals surface area contributed by atoms with Crippen LogP contribution in [0.1, 0.15) is 24.8 Å². The van der Waals surface area contributed by atoms with E-state index in [4.69, 9.17) is 24.1 Å². The van der Waals surface area contributed by atoms with E-state index in [0.29, 0.717) is 12.6 Å². The lowest BCUT2D eigenvalue weighted by Gasteiger charge is -2.36. The topological polar surface area (TPSA) is 88.5 Å². The second kappa shape index (κ2) is 12.2. The minimum absolute atomic E-state index is 0.00906. The van der Waals surface area contributed by atoms with Gasteiger partial charge in [-0.2, -0.15) is 13.2 Å². The first-order chi connectivity index (χ1) is 15.5. The summed E-state index contributed by atoms with van der Waals surface area (Å²) in [6, 6.07) is 8.78. The zero-order valence-corrected chi connectivity index (χ0v) is 19.0. The number of hydrogen-bond acceptors (Lipinski definition) is 6. The molecule has 1 N–H and O–H groups in total. The molecule has 0 spiro atoms. The SMILES string of the molecule is COc1ccc(CN2CC[C@H]3O[C@@H](COCC(=O)N(C)C)CC[C@H]32)cc1.O=C(O)C(F)(F)F. The van der Waals surface area contributed by atoms with Gasteiger partial charge >= 0.3 is 12.1 Å². The number of likely N-dealkylation sites (N-methyl/N-ethyl adjacent to an activating group) is 1. The number of aliphatic carboxylic acids is 1. The van der Waals surface area contributed by atoms with Crippen LogP contribution in [0.5, 0.6) is 5.75 Å². The zero-order chi connectivity index (χ0) is 24.6. The Morgan fingerprint density at radius 2 is 1.82 bits per heavy atom. The van der Waals surface area contributed by atoms with Crippen LogP contribution in [-0.4, -0.2) is 92.2 Å². The van der Waals surface area contributed by atoms with Crippen LogP contribution < -0.4 is 4.74 Å². The van der Waals surface area contributed by atoms with Crippen LogP contribution >= 0.6 is 0 Å². The van der Waals surface area contributed by atoms with Gasteiger partial charge in [0.05, 0.1) is 25.9 Å². The average molecular weight is 476 g/mol. The number of nitrogens with zero attached hydrogens (tertiary/aromatic N) is 2. The van der Waals surface area contributed by atoms with E-state index in [1.54, 1.807) is 26.1 Å². The molecule has 1 amide bonds. The van der Waals surface area contributed by atoms with Crippen molar-refractivity contribution in [3.8, 4) is 5.75 Å². The highest BCUT2D eigenvalue weighted by atomic mass is 19.4. The minimum atomic E-state index is -5.08. The van der Waals surface area contributed by atoms with Gasteiger partial charge in [0.1, 0.15) is 12.4 Å². The molecule has 0 aliphatic carbocycles. The normalized spacial score (nSPS) is 22.7. The molecule has 2 fully saturated rings. The van der Waals surface area contributed by atoms with E-state index in [9.17, 15) is 18.0 Å². The summed E-state index contributed by atoms with van der Waals surface area (Å²) < 4.78 is 48.8. The zero-order valence-electron chi connectivity index (χ0n) is 19.0. The van der Waals surface area contributed by atoms with E-state index in [-0.39, 0.29) is 24.7 Å². The van der Waals surface area contributed by atoms with Crippen LogP contribution in [0.15, 0.2) is 24.3 Å². The Hall–Kier alpha value is -2.37. The van der Waals surface area contributed by atoms with Crippen LogP contribution in [0.2, 0.25) is 0 Å². The number of carbonyl (C=O) groups is 2. The molecule has 11 heteroatoms. The largest absolute Gasteiger partial charge is 0.497 e. The number of methoxy groups -OCH3 is 1. The van der Waals surface area contributed by atoms with Crippen LogP contribution in [0, 0.1) is 0 Å². The van der Waals surface area contributed by atoms with Gasteiger partial charge in [0, 0.05) is 33.2 Å². The van der Waals surface area contributed by atoms with E-state index in [2.05, 4.69) is 17.0 Å². The van der Waals surface area contributed by atoms with Crippen molar-refractivity contribution in [2.24, 2.45) is 0 Å². The highest BCUT2D eigenvalue weighted by Crippen LogP contribution is 2.32. The fourth-order valence-corrected chi connectivity index (χ4v) is 3.78. The Bertz CT molecular complexity index is 772. The second-order valence-electron chi connectivity index (χ2n) is 8.15. The standard InChI is InChI=1S/C20H30N2O4.C2HF3O2/c1-21(2)20(23)14-25-13-17-8-9-18-19(26-17)10-11-22(18)12-15-4-6-16(24-3)7-5-15;3-2(4,5)1(6)7/h4-7,17-19H,8-14H2,1-3H3;(H,6,7)/t17-,18-,19-;/m1./s1. The number of carbonyl (C=O) groups excluding carboxylic acids is 1. The van der Waals surface area contributed by atoms with E-state index in [1.807, 2.05) is 12.1 Å². The Balaban J connectivity index is 0.000000479. The summed E-state index contributed by atoms with van der Waals surface area (Å²) in [4.78, 5) is 24.5. The number of ether oxygens (including phenoxy) is 3. The average Bonchev–Trinajstić information content (AvgIpc) is 3.16. The summed E-state index contributed by atoms with van der Waals surface area (Å²) in [5.74, 6) is -1.87. The molecule has 8 nitrogen and oxygen atoms in total. The Morgan fingerprint density at radius 3 is 2.36 bits per heavy atom. The van der Waals surface area contributed by atoms with Gasteiger partial charge in [0.25, 0.3) is 0 Å². The van der Waals surface area contributed by atoms with Crippen LogP contribution in [0.25, 0.3) is 0 Å². The highest BCUT2D eigenvalue weighted by molar-refractivity contribution is 5.76. The molecule has 0 aromatic heterocycles. The molecule has 3 atom stereocenters. The highest BCUT2D eigenvalue weighted by Gasteiger charge is 2.40. The first-order valence-electron chi connectivity index (χ1n) is 10.6. The molecule has 0 radical (unpaired) electrons. The summed E-state index contributed by atoms with van der Waals surface area (Å²) in [6.45, 7) is 2.65. The lowest BCUT2D eigenvalue weighted by molar-refractivity contribution is -0.192. The molecule has 186 valence electrons. The maximum absolute atomic E-state index is 11.6. The van der Waals surface area contributed by atoms with E-state index in [1.165, 1.54) is 5.56 Å². The number of carboxylic acid groups (broad SMARTS) is 1. The van der Waals surface area contributed by atoms with Crippen LogP contribution in [0.4, 0.5) is 13.2 Å². The number of hydrogen-bond donors (Lipinski definition) is 1. The molecule has 0 bridgehead atoms. The van der Waals surface area contributed by atoms with Crippen molar-refractivity contribution in [3.05, 3.63) is 29.8 Å². The van der Waals surface area contributed by atoms with Crippen molar-refractivity contribution in [1.29, 1.82) is 0 Å². The van der Waals surface area contributed by atoms with Gasteiger partial charge in [-0.15, -0.1) is 0 Å². The smallest absolute Gasteiger partial charge is 0.490 e. The maximum atomic E-state index is 11.6. The number of rotatable bonds is 7. The second-order valence-corrected chi connectivity index (χ2v) is 8.15. The first kappa shape index (κ1) is 26.9. The van der Waals surface area contributed by atoms with Crippen molar-refractivity contribution in [3.63, 3.8) is 0 Å². The minimum Gasteiger partial charge on any atom is -0.497 e. The predicted molar refractivity (Wildman–Crippen MR) is 113 cm³/mol. The van der Waals surface area contributed by atoms with Crippen molar-refractivity contribution in [2.75, 3.05) is 41.0 Å². The quantitative estimate of drug-likeness (QED) is 0.647. The number of fused-ring (bicyclic) bond motifs is 1. The molecule has 2 aliphatic heterocycles. The van der Waals surface area contributed by atoms with Crippen LogP contribution in [-0.2, 0) is 25.6 Å². The van der Waals surface area contributed by atoms with Crippen LogP contribution in [0.3, 0.4) is 0 Å². The number of likely N-dealkylation sites (tertiary alicyclic amines) is 1. The third-order valence-corrected chi connectivity index (χ3v) is 5.57. The lowest BCUT2D eigenvalue weighted by atomic mass is 9.99. The van der Waals surface area contributed by atoms with Crippen molar-refractivity contribution >= 4 is 11.9 Å². The molecule has 2 aliphatic rings. The maximum Gasteiger partial charge on any atom is 0.490 e. The summed E-state index contributed by atoms with van der Waals surface area (Å²) in [5.41, 5.74) is 1.30. The summed E-state index contributed by atoms with van der Waals surface area (Å²) in [5, 5.41) is 7.12. The molecular formula is C22H31F3N2O6. The number of alkyl halides is 3. The van der Waals surface area contributed by atoms with Crippen molar-refractivity contribution < 1.29 is 42.1 Å². The molecule has 2 heterocycles. The number of amides is 1. The van der Waals surface area contributed by atoms with Gasteiger partial charge in [-0.25, -0.2) is 4.79 Å². The Labute approximate surface area is 191 Å². The fourth-order valence-electron chi connectivity index (χ4n) is 3.78. The van der Waals surface area contributed by atoms with Crippen molar-refractivity contribution in [1.82, 2.24) is 9.80 Å². The molecule has 0 unspecified atom stereocenters. The van der Waals surface area contributed by atoms with E-state index < -0.39 is 12.1 Å². The Kier molecular flexibility index (Phi) is 9.93. The van der Waals surface area contributed by atoms with Gasteiger partial charge in [0.2, 0.25) is 5.91 Å². The van der Waals surface area contributed by atoms with Crippen molar-refractivity contribution in [2.45, 2.75) is 50.2 Å². The number of halogens is 3. The van der Waals surface area contributed by atoms with Gasteiger partial charge in [-0.1, -0.05) is 12.1 Å². The summed E-state index contributed by atoms with van der Waals surface area (Å²) in [7, 11) is 5.17. The third-order valence-electron chi connectivity index (χ3n) is 5.57. The molecule has 1 aromatic rings. The first-order valence-corrected chi connectivity index (χ1v) is 10.6. The fraction of sp³-hybridized carbons (Fsp3) is 0.636.